The SMILES string of the molecule is CCN(CC(C)(C)O)C(=O)c1cc(C)ccc1OC. The van der Waals surface area contributed by atoms with Crippen LogP contribution >= 0.6 is 0 Å². The van der Waals surface area contributed by atoms with Crippen LogP contribution in [0, 0.1) is 6.92 Å². The normalized spacial score (nSPS) is 11.3. The Morgan fingerprint density at radius 2 is 2.05 bits per heavy atom. The highest BCUT2D eigenvalue weighted by Crippen LogP contribution is 2.22. The first kappa shape index (κ1) is 15.5. The lowest BCUT2D eigenvalue weighted by Crippen LogP contribution is -2.42. The minimum Gasteiger partial charge on any atom is -0.496 e. The number of aryl methyl sites for hydroxylation is 1. The Kier molecular flexibility index (Phi) is 4.95. The second-order valence-corrected chi connectivity index (χ2v) is 5.34. The van der Waals surface area contributed by atoms with Gasteiger partial charge in [-0.05, 0) is 39.8 Å². The van der Waals surface area contributed by atoms with Gasteiger partial charge in [-0.3, -0.25) is 4.79 Å². The second kappa shape index (κ2) is 6.06. The molecule has 1 N–H and O–H groups in total. The first-order valence-corrected chi connectivity index (χ1v) is 6.44. The van der Waals surface area contributed by atoms with Crippen LogP contribution in [0.15, 0.2) is 18.2 Å². The summed E-state index contributed by atoms with van der Waals surface area (Å²) in [6.07, 6.45) is 0. The zero-order chi connectivity index (χ0) is 14.6. The summed E-state index contributed by atoms with van der Waals surface area (Å²) in [4.78, 5) is 14.1. The van der Waals surface area contributed by atoms with E-state index in [1.165, 1.54) is 0 Å². The van der Waals surface area contributed by atoms with Gasteiger partial charge in [-0.2, -0.15) is 0 Å². The van der Waals surface area contributed by atoms with E-state index in [4.69, 9.17) is 4.74 Å². The Bertz CT molecular complexity index is 449. The third kappa shape index (κ3) is 4.24. The quantitative estimate of drug-likeness (QED) is 0.888. The van der Waals surface area contributed by atoms with Gasteiger partial charge in [0.2, 0.25) is 0 Å². The van der Waals surface area contributed by atoms with E-state index in [1.54, 1.807) is 31.9 Å². The molecule has 106 valence electrons. The fraction of sp³-hybridized carbons (Fsp3) is 0.533. The zero-order valence-corrected chi connectivity index (χ0v) is 12.4. The number of hydrogen-bond donors (Lipinski definition) is 1. The lowest BCUT2D eigenvalue weighted by molar-refractivity contribution is 0.0313. The highest BCUT2D eigenvalue weighted by Gasteiger charge is 2.24. The number of carbonyl (C=O) groups is 1. The summed E-state index contributed by atoms with van der Waals surface area (Å²) in [5.41, 5.74) is 0.625. The van der Waals surface area contributed by atoms with Gasteiger partial charge in [0.25, 0.3) is 5.91 Å². The first-order valence-electron chi connectivity index (χ1n) is 6.44. The van der Waals surface area contributed by atoms with Crippen molar-refractivity contribution in [3.63, 3.8) is 0 Å². The number of hydrogen-bond acceptors (Lipinski definition) is 3. The van der Waals surface area contributed by atoms with Gasteiger partial charge in [-0.1, -0.05) is 11.6 Å². The van der Waals surface area contributed by atoms with Gasteiger partial charge in [0, 0.05) is 13.1 Å². The molecule has 0 heterocycles. The molecule has 19 heavy (non-hydrogen) atoms. The van der Waals surface area contributed by atoms with Gasteiger partial charge >= 0.3 is 0 Å². The lowest BCUT2D eigenvalue weighted by Gasteiger charge is -2.28. The fourth-order valence-corrected chi connectivity index (χ4v) is 1.95. The molecule has 0 saturated heterocycles. The van der Waals surface area contributed by atoms with Crippen LogP contribution in [0.1, 0.15) is 36.7 Å². The predicted octanol–water partition coefficient (Wildman–Crippen LogP) is 2.24. The Labute approximate surface area is 115 Å². The van der Waals surface area contributed by atoms with Crippen molar-refractivity contribution in [3.8, 4) is 5.75 Å². The molecule has 0 spiro atoms. The van der Waals surface area contributed by atoms with Crippen LogP contribution in [0.2, 0.25) is 0 Å². The molecular formula is C15H23NO3. The van der Waals surface area contributed by atoms with Crippen LogP contribution in [0.4, 0.5) is 0 Å². The summed E-state index contributed by atoms with van der Waals surface area (Å²) >= 11 is 0. The van der Waals surface area contributed by atoms with Crippen molar-refractivity contribution in [2.75, 3.05) is 20.2 Å². The molecule has 0 saturated carbocycles. The smallest absolute Gasteiger partial charge is 0.257 e. The molecule has 0 fully saturated rings. The minimum absolute atomic E-state index is 0.120. The molecular weight excluding hydrogens is 242 g/mol. The van der Waals surface area contributed by atoms with Gasteiger partial charge in [0.15, 0.2) is 0 Å². The average Bonchev–Trinajstić information content (AvgIpc) is 2.34. The molecule has 0 aliphatic carbocycles. The van der Waals surface area contributed by atoms with Crippen molar-refractivity contribution in [1.82, 2.24) is 4.90 Å². The summed E-state index contributed by atoms with van der Waals surface area (Å²) in [7, 11) is 1.55. The van der Waals surface area contributed by atoms with Crippen LogP contribution in [0.3, 0.4) is 0 Å². The van der Waals surface area contributed by atoms with Crippen molar-refractivity contribution in [3.05, 3.63) is 29.3 Å². The molecule has 1 aromatic carbocycles. The van der Waals surface area contributed by atoms with Crippen LogP contribution in [-0.2, 0) is 0 Å². The van der Waals surface area contributed by atoms with Crippen LogP contribution in [-0.4, -0.2) is 41.7 Å². The molecule has 0 bridgehead atoms. The molecule has 0 unspecified atom stereocenters. The molecule has 4 heteroatoms. The van der Waals surface area contributed by atoms with Crippen molar-refractivity contribution < 1.29 is 14.6 Å². The Morgan fingerprint density at radius 3 is 2.53 bits per heavy atom. The number of ether oxygens (including phenoxy) is 1. The van der Waals surface area contributed by atoms with E-state index >= 15 is 0 Å². The van der Waals surface area contributed by atoms with Crippen LogP contribution in [0.25, 0.3) is 0 Å². The van der Waals surface area contributed by atoms with E-state index in [9.17, 15) is 9.90 Å². The van der Waals surface area contributed by atoms with Crippen molar-refractivity contribution in [2.24, 2.45) is 0 Å². The number of nitrogens with zero attached hydrogens (tertiary/aromatic N) is 1. The molecule has 1 rings (SSSR count). The molecule has 4 nitrogen and oxygen atoms in total. The Hall–Kier alpha value is -1.55. The summed E-state index contributed by atoms with van der Waals surface area (Å²) in [6.45, 7) is 8.04. The van der Waals surface area contributed by atoms with Gasteiger partial charge < -0.3 is 14.7 Å². The number of likely N-dealkylation sites (N-methyl/N-ethyl adjacent to an activating group) is 1. The van der Waals surface area contributed by atoms with E-state index in [0.717, 1.165) is 5.56 Å². The highest BCUT2D eigenvalue weighted by molar-refractivity contribution is 5.97. The van der Waals surface area contributed by atoms with E-state index in [-0.39, 0.29) is 5.91 Å². The Balaban J connectivity index is 3.06. The monoisotopic (exact) mass is 265 g/mol. The molecule has 0 atom stereocenters. The zero-order valence-electron chi connectivity index (χ0n) is 12.4. The second-order valence-electron chi connectivity index (χ2n) is 5.34. The maximum absolute atomic E-state index is 12.5. The predicted molar refractivity (Wildman–Crippen MR) is 75.6 cm³/mol. The number of benzene rings is 1. The topological polar surface area (TPSA) is 49.8 Å². The first-order chi connectivity index (χ1) is 8.78. The number of rotatable bonds is 5. The molecule has 1 aromatic rings. The molecule has 0 radical (unpaired) electrons. The summed E-state index contributed by atoms with van der Waals surface area (Å²) in [5.74, 6) is 0.440. The van der Waals surface area contributed by atoms with Gasteiger partial charge in [-0.15, -0.1) is 0 Å². The van der Waals surface area contributed by atoms with E-state index in [0.29, 0.717) is 24.4 Å². The van der Waals surface area contributed by atoms with Crippen molar-refractivity contribution in [1.29, 1.82) is 0 Å². The minimum atomic E-state index is -0.914. The number of aliphatic hydroxyl groups is 1. The summed E-state index contributed by atoms with van der Waals surface area (Å²) in [6, 6.07) is 5.51. The van der Waals surface area contributed by atoms with E-state index < -0.39 is 5.60 Å². The molecule has 0 aliphatic rings. The average molecular weight is 265 g/mol. The van der Waals surface area contributed by atoms with Gasteiger partial charge in [0.1, 0.15) is 5.75 Å². The summed E-state index contributed by atoms with van der Waals surface area (Å²) < 4.78 is 5.24. The third-order valence-corrected chi connectivity index (χ3v) is 2.83. The molecule has 0 aromatic heterocycles. The van der Waals surface area contributed by atoms with Gasteiger partial charge in [-0.25, -0.2) is 0 Å². The van der Waals surface area contributed by atoms with Gasteiger partial charge in [0.05, 0.1) is 18.3 Å². The molecule has 1 amide bonds. The standard InChI is InChI=1S/C15H23NO3/c1-6-16(10-15(3,4)18)14(17)12-9-11(2)7-8-13(12)19-5/h7-9,18H,6,10H2,1-5H3. The highest BCUT2D eigenvalue weighted by atomic mass is 16.5. The van der Waals surface area contributed by atoms with E-state index in [1.807, 2.05) is 26.0 Å². The maximum atomic E-state index is 12.5. The lowest BCUT2D eigenvalue weighted by atomic mass is 10.1. The summed E-state index contributed by atoms with van der Waals surface area (Å²) in [5, 5.41) is 9.87. The van der Waals surface area contributed by atoms with Crippen molar-refractivity contribution >= 4 is 5.91 Å². The van der Waals surface area contributed by atoms with Crippen LogP contribution in [0.5, 0.6) is 5.75 Å². The largest absolute Gasteiger partial charge is 0.496 e. The Morgan fingerprint density at radius 1 is 1.42 bits per heavy atom. The number of carbonyl (C=O) groups excluding carboxylic acids is 1. The fourth-order valence-electron chi connectivity index (χ4n) is 1.95. The number of amides is 1. The maximum Gasteiger partial charge on any atom is 0.257 e. The van der Waals surface area contributed by atoms with Crippen molar-refractivity contribution in [2.45, 2.75) is 33.3 Å². The number of methoxy groups -OCH3 is 1. The van der Waals surface area contributed by atoms with E-state index in [2.05, 4.69) is 0 Å². The van der Waals surface area contributed by atoms with Crippen LogP contribution < -0.4 is 4.74 Å². The molecule has 0 aliphatic heterocycles. The third-order valence-electron chi connectivity index (χ3n) is 2.83.